The van der Waals surface area contributed by atoms with Gasteiger partial charge in [0, 0.05) is 9.13 Å². The first-order valence-electron chi connectivity index (χ1n) is 3.57. The van der Waals surface area contributed by atoms with Crippen molar-refractivity contribution in [2.24, 2.45) is 0 Å². The first-order valence-corrected chi connectivity index (χ1v) is 5.06. The maximum Gasteiger partial charge on any atom is 0.314 e. The lowest BCUT2D eigenvalue weighted by Crippen LogP contribution is -1.79. The maximum absolute atomic E-state index is 4.83. The summed E-state index contributed by atoms with van der Waals surface area (Å²) in [5.74, 6) is 0.668. The zero-order valence-electron chi connectivity index (χ0n) is 6.45. The molecule has 0 radical (unpaired) electrons. The maximum atomic E-state index is 4.83. The van der Waals surface area contributed by atoms with Gasteiger partial charge in [0.15, 0.2) is 5.82 Å². The molecular weight excluding hydrogens is 299 g/mol. The number of hydrogen-bond donors (Lipinski definition) is 1. The summed E-state index contributed by atoms with van der Waals surface area (Å²) in [4.78, 5) is 4.23. The quantitative estimate of drug-likeness (QED) is 0.650. The van der Waals surface area contributed by atoms with Crippen molar-refractivity contribution in [3.8, 4) is 11.4 Å². The molecule has 0 fully saturated rings. The molecule has 0 unspecified atom stereocenters. The molecule has 1 N–H and O–H groups in total. The van der Waals surface area contributed by atoms with Gasteiger partial charge in [0.25, 0.3) is 0 Å². The first-order chi connectivity index (χ1) is 6.25. The zero-order chi connectivity index (χ0) is 9.26. The zero-order valence-corrected chi connectivity index (χ0v) is 9.43. The van der Waals surface area contributed by atoms with E-state index in [-0.39, 0.29) is 4.84 Å². The van der Waals surface area contributed by atoms with E-state index in [4.69, 9.17) is 16.7 Å². The fourth-order valence-electron chi connectivity index (χ4n) is 0.960. The summed E-state index contributed by atoms with van der Waals surface area (Å²) < 4.78 is 6.01. The molecule has 1 heterocycles. The van der Waals surface area contributed by atoms with E-state index in [9.17, 15) is 0 Å². The Labute approximate surface area is 93.3 Å². The van der Waals surface area contributed by atoms with Gasteiger partial charge in [-0.15, -0.1) is 0 Å². The number of nitrogens with zero attached hydrogens (tertiary/aromatic N) is 1. The van der Waals surface area contributed by atoms with Gasteiger partial charge in [-0.25, -0.2) is 5.16 Å². The molecule has 0 spiro atoms. The second-order valence-corrected chi connectivity index (χ2v) is 4.03. The van der Waals surface area contributed by atoms with Gasteiger partial charge in [0.1, 0.15) is 0 Å². The molecule has 0 saturated heterocycles. The van der Waals surface area contributed by atoms with Gasteiger partial charge in [-0.2, -0.15) is 4.98 Å². The van der Waals surface area contributed by atoms with Crippen LogP contribution in [0.15, 0.2) is 28.8 Å². The van der Waals surface area contributed by atoms with Gasteiger partial charge in [0.05, 0.1) is 0 Å². The minimum atomic E-state index is 0.230. The third-order valence-corrected chi connectivity index (χ3v) is 2.45. The van der Waals surface area contributed by atoms with Crippen molar-refractivity contribution in [2.75, 3.05) is 0 Å². The highest BCUT2D eigenvalue weighted by Crippen LogP contribution is 2.16. The van der Waals surface area contributed by atoms with Gasteiger partial charge in [-0.3, -0.25) is 0 Å². The fraction of sp³-hybridized carbons (Fsp3) is 0. The Kier molecular flexibility index (Phi) is 2.45. The molecule has 0 bridgehead atoms. The molecule has 0 aliphatic heterocycles. The molecular formula is C8H5IN2OS. The predicted octanol–water partition coefficient (Wildman–Crippen LogP) is 3.00. The lowest BCUT2D eigenvalue weighted by atomic mass is 10.2. The van der Waals surface area contributed by atoms with Crippen LogP contribution in [0.25, 0.3) is 11.4 Å². The third-order valence-electron chi connectivity index (χ3n) is 1.56. The number of hydrogen-bond acceptors (Lipinski definition) is 3. The van der Waals surface area contributed by atoms with Crippen LogP contribution in [0.5, 0.6) is 0 Å². The molecule has 2 aromatic rings. The summed E-state index contributed by atoms with van der Waals surface area (Å²) in [6, 6.07) is 7.93. The summed E-state index contributed by atoms with van der Waals surface area (Å²) in [5.41, 5.74) is 0.972. The van der Waals surface area contributed by atoms with Crippen molar-refractivity contribution >= 4 is 34.8 Å². The van der Waals surface area contributed by atoms with Crippen LogP contribution in [-0.2, 0) is 0 Å². The summed E-state index contributed by atoms with van der Waals surface area (Å²) in [6.45, 7) is 0. The van der Waals surface area contributed by atoms with Crippen molar-refractivity contribution in [2.45, 2.75) is 0 Å². The molecule has 0 amide bonds. The van der Waals surface area contributed by atoms with E-state index in [0.717, 1.165) is 5.56 Å². The highest BCUT2D eigenvalue weighted by Gasteiger charge is 2.00. The second-order valence-electron chi connectivity index (χ2n) is 2.44. The molecule has 0 saturated carbocycles. The number of H-pyrrole nitrogens is 1. The molecule has 2 rings (SSSR count). The number of nitrogens with one attached hydrogen (secondary N) is 1. The Hall–Kier alpha value is -0.690. The Bertz CT molecular complexity index is 459. The van der Waals surface area contributed by atoms with Crippen LogP contribution in [0.4, 0.5) is 0 Å². The van der Waals surface area contributed by atoms with E-state index in [0.29, 0.717) is 5.82 Å². The largest absolute Gasteiger partial charge is 0.348 e. The SMILES string of the molecule is S=c1nc(-c2ccc(I)cc2)[nH]o1. The van der Waals surface area contributed by atoms with Crippen LogP contribution in [0.2, 0.25) is 0 Å². The normalized spacial score (nSPS) is 10.2. The molecule has 0 aliphatic carbocycles. The Morgan fingerprint density at radius 3 is 2.54 bits per heavy atom. The number of aromatic nitrogens is 2. The number of aromatic amines is 1. The number of rotatable bonds is 1. The molecule has 1 aromatic heterocycles. The van der Waals surface area contributed by atoms with E-state index in [1.165, 1.54) is 3.57 Å². The highest BCUT2D eigenvalue weighted by molar-refractivity contribution is 14.1. The van der Waals surface area contributed by atoms with Crippen molar-refractivity contribution in [1.29, 1.82) is 0 Å². The van der Waals surface area contributed by atoms with Crippen molar-refractivity contribution < 1.29 is 4.52 Å². The molecule has 5 heteroatoms. The highest BCUT2D eigenvalue weighted by atomic mass is 127. The van der Waals surface area contributed by atoms with Gasteiger partial charge in [0.2, 0.25) is 0 Å². The van der Waals surface area contributed by atoms with Crippen LogP contribution in [0.1, 0.15) is 0 Å². The standard InChI is InChI=1S/C8H5IN2OS/c9-6-3-1-5(2-4-6)7-10-8(13)12-11-7/h1-4H,(H,10,11,13). The van der Waals surface area contributed by atoms with Gasteiger partial charge >= 0.3 is 4.84 Å². The predicted molar refractivity (Wildman–Crippen MR) is 59.8 cm³/mol. The van der Waals surface area contributed by atoms with Crippen molar-refractivity contribution in [1.82, 2.24) is 10.1 Å². The van der Waals surface area contributed by atoms with Crippen molar-refractivity contribution in [3.05, 3.63) is 32.7 Å². The van der Waals surface area contributed by atoms with Gasteiger partial charge in [-0.05, 0) is 46.9 Å². The molecule has 0 aliphatic rings. The average Bonchev–Trinajstić information content (AvgIpc) is 2.53. The van der Waals surface area contributed by atoms with Gasteiger partial charge in [-0.1, -0.05) is 12.1 Å². The van der Waals surface area contributed by atoms with Crippen LogP contribution >= 0.6 is 34.8 Å². The van der Waals surface area contributed by atoms with E-state index >= 15 is 0 Å². The third kappa shape index (κ3) is 1.97. The average molecular weight is 304 g/mol. The summed E-state index contributed by atoms with van der Waals surface area (Å²) >= 11 is 6.99. The summed E-state index contributed by atoms with van der Waals surface area (Å²) in [5, 5.41) is 2.65. The topological polar surface area (TPSA) is 41.8 Å². The Balaban J connectivity index is 2.47. The van der Waals surface area contributed by atoms with Crippen LogP contribution in [-0.4, -0.2) is 10.1 Å². The molecule has 13 heavy (non-hydrogen) atoms. The van der Waals surface area contributed by atoms with Crippen LogP contribution in [0, 0.1) is 8.41 Å². The molecule has 3 nitrogen and oxygen atoms in total. The molecule has 66 valence electrons. The van der Waals surface area contributed by atoms with E-state index in [1.807, 2.05) is 24.3 Å². The smallest absolute Gasteiger partial charge is 0.314 e. The lowest BCUT2D eigenvalue weighted by molar-refractivity contribution is 0.406. The van der Waals surface area contributed by atoms with Gasteiger partial charge < -0.3 is 4.52 Å². The Morgan fingerprint density at radius 2 is 2.00 bits per heavy atom. The first kappa shape index (κ1) is 8.89. The van der Waals surface area contributed by atoms with Crippen LogP contribution < -0.4 is 0 Å². The monoisotopic (exact) mass is 304 g/mol. The minimum Gasteiger partial charge on any atom is -0.348 e. The minimum absolute atomic E-state index is 0.230. The number of halogens is 1. The van der Waals surface area contributed by atoms with Crippen LogP contribution in [0.3, 0.4) is 0 Å². The van der Waals surface area contributed by atoms with E-state index in [2.05, 4.69) is 32.7 Å². The summed E-state index contributed by atoms with van der Waals surface area (Å²) in [7, 11) is 0. The molecule has 0 atom stereocenters. The second kappa shape index (κ2) is 3.59. The fourth-order valence-corrected chi connectivity index (χ4v) is 1.45. The Morgan fingerprint density at radius 1 is 1.31 bits per heavy atom. The molecule has 1 aromatic carbocycles. The van der Waals surface area contributed by atoms with E-state index < -0.39 is 0 Å². The summed E-state index contributed by atoms with van der Waals surface area (Å²) in [6.07, 6.45) is 0. The van der Waals surface area contributed by atoms with Crippen molar-refractivity contribution in [3.63, 3.8) is 0 Å². The number of benzene rings is 1. The lowest BCUT2D eigenvalue weighted by Gasteiger charge is -1.93. The van der Waals surface area contributed by atoms with E-state index in [1.54, 1.807) is 0 Å².